The van der Waals surface area contributed by atoms with Crippen molar-refractivity contribution in [1.29, 1.82) is 0 Å². The normalized spacial score (nSPS) is 10.4. The molecule has 0 radical (unpaired) electrons. The van der Waals surface area contributed by atoms with Gasteiger partial charge in [0.1, 0.15) is 36.3 Å². The van der Waals surface area contributed by atoms with Crippen LogP contribution in [0.5, 0.6) is 11.5 Å². The van der Waals surface area contributed by atoms with Crippen molar-refractivity contribution in [2.24, 2.45) is 0 Å². The van der Waals surface area contributed by atoms with Gasteiger partial charge in [-0.3, -0.25) is 0 Å². The number of furan rings is 1. The summed E-state index contributed by atoms with van der Waals surface area (Å²) in [7, 11) is 1.59. The van der Waals surface area contributed by atoms with Crippen LogP contribution in [0.15, 0.2) is 65.1 Å². The summed E-state index contributed by atoms with van der Waals surface area (Å²) < 4.78 is 34.0. The molecule has 0 spiro atoms. The largest absolute Gasteiger partial charge is 0.497 e. The van der Waals surface area contributed by atoms with Gasteiger partial charge in [-0.1, -0.05) is 12.1 Å². The molecular weight excluding hydrogens is 339 g/mol. The highest BCUT2D eigenvalue weighted by molar-refractivity contribution is 5.86. The van der Waals surface area contributed by atoms with Crippen molar-refractivity contribution in [3.8, 4) is 11.5 Å². The molecule has 0 fully saturated rings. The van der Waals surface area contributed by atoms with Crippen molar-refractivity contribution >= 4 is 5.97 Å². The fourth-order valence-electron chi connectivity index (χ4n) is 2.19. The van der Waals surface area contributed by atoms with Crippen LogP contribution >= 0.6 is 0 Å². The molecule has 5 nitrogen and oxygen atoms in total. The standard InChI is InChI=1S/C20H17FO5/c1-23-16-6-2-14(3-7-16)12-25-20(22)19-11-10-18(26-19)13-24-17-8-4-15(21)5-9-17/h2-11H,12-13H2,1H3. The molecule has 0 aliphatic heterocycles. The first-order valence-electron chi connectivity index (χ1n) is 7.91. The average Bonchev–Trinajstić information content (AvgIpc) is 3.15. The van der Waals surface area contributed by atoms with E-state index in [2.05, 4.69) is 0 Å². The first-order valence-corrected chi connectivity index (χ1v) is 7.91. The third-order valence-corrected chi connectivity index (χ3v) is 3.59. The fourth-order valence-corrected chi connectivity index (χ4v) is 2.19. The maximum atomic E-state index is 12.8. The summed E-state index contributed by atoms with van der Waals surface area (Å²) in [4.78, 5) is 12.0. The minimum atomic E-state index is -0.561. The lowest BCUT2D eigenvalue weighted by Crippen LogP contribution is -2.04. The molecule has 0 bridgehead atoms. The molecule has 0 unspecified atom stereocenters. The number of ether oxygens (including phenoxy) is 3. The Hall–Kier alpha value is -3.28. The van der Waals surface area contributed by atoms with Gasteiger partial charge in [0.25, 0.3) is 0 Å². The van der Waals surface area contributed by atoms with Crippen LogP contribution in [0.3, 0.4) is 0 Å². The average molecular weight is 356 g/mol. The van der Waals surface area contributed by atoms with Gasteiger partial charge in [-0.2, -0.15) is 0 Å². The second kappa shape index (κ2) is 8.20. The van der Waals surface area contributed by atoms with Crippen LogP contribution in [0.1, 0.15) is 21.9 Å². The first-order chi connectivity index (χ1) is 12.6. The second-order valence-electron chi connectivity index (χ2n) is 5.43. The Morgan fingerprint density at radius 3 is 2.31 bits per heavy atom. The van der Waals surface area contributed by atoms with Crippen molar-refractivity contribution in [3.63, 3.8) is 0 Å². The Balaban J connectivity index is 1.51. The Kier molecular flexibility index (Phi) is 5.53. The molecule has 134 valence electrons. The van der Waals surface area contributed by atoms with E-state index in [0.29, 0.717) is 11.5 Å². The lowest BCUT2D eigenvalue weighted by molar-refractivity contribution is 0.0432. The fraction of sp³-hybridized carbons (Fsp3) is 0.150. The number of esters is 1. The smallest absolute Gasteiger partial charge is 0.374 e. The number of hydrogen-bond acceptors (Lipinski definition) is 5. The monoisotopic (exact) mass is 356 g/mol. The molecule has 0 amide bonds. The summed E-state index contributed by atoms with van der Waals surface area (Å²) in [5, 5.41) is 0. The first kappa shape index (κ1) is 17.5. The van der Waals surface area contributed by atoms with E-state index in [1.807, 2.05) is 12.1 Å². The summed E-state index contributed by atoms with van der Waals surface area (Å²) in [6.07, 6.45) is 0. The molecule has 0 aliphatic carbocycles. The molecule has 3 aromatic rings. The lowest BCUT2D eigenvalue weighted by atomic mass is 10.2. The Morgan fingerprint density at radius 1 is 0.923 bits per heavy atom. The van der Waals surface area contributed by atoms with Gasteiger partial charge in [0.15, 0.2) is 0 Å². The highest BCUT2D eigenvalue weighted by Gasteiger charge is 2.13. The van der Waals surface area contributed by atoms with E-state index in [0.717, 1.165) is 11.3 Å². The van der Waals surface area contributed by atoms with Crippen molar-refractivity contribution in [3.05, 3.63) is 83.6 Å². The van der Waals surface area contributed by atoms with Gasteiger partial charge in [-0.25, -0.2) is 9.18 Å². The maximum Gasteiger partial charge on any atom is 0.374 e. The molecule has 0 aliphatic rings. The molecule has 2 aromatic carbocycles. The maximum absolute atomic E-state index is 12.8. The summed E-state index contributed by atoms with van der Waals surface area (Å²) in [5.41, 5.74) is 0.838. The van der Waals surface area contributed by atoms with Gasteiger partial charge < -0.3 is 18.6 Å². The van der Waals surface area contributed by atoms with Crippen LogP contribution in [0.25, 0.3) is 0 Å². The molecule has 1 heterocycles. The minimum Gasteiger partial charge on any atom is -0.497 e. The predicted molar refractivity (Wildman–Crippen MR) is 91.6 cm³/mol. The van der Waals surface area contributed by atoms with E-state index < -0.39 is 5.97 Å². The summed E-state index contributed by atoms with van der Waals surface area (Å²) in [6.45, 7) is 0.252. The Morgan fingerprint density at radius 2 is 1.62 bits per heavy atom. The van der Waals surface area contributed by atoms with Gasteiger partial charge in [0, 0.05) is 0 Å². The van der Waals surface area contributed by atoms with Gasteiger partial charge in [-0.05, 0) is 54.1 Å². The Bertz CT molecular complexity index is 853. The number of rotatable bonds is 7. The van der Waals surface area contributed by atoms with Crippen LogP contribution in [-0.2, 0) is 18.0 Å². The zero-order valence-corrected chi connectivity index (χ0v) is 14.1. The van der Waals surface area contributed by atoms with Gasteiger partial charge in [-0.15, -0.1) is 0 Å². The van der Waals surface area contributed by atoms with E-state index >= 15 is 0 Å². The lowest BCUT2D eigenvalue weighted by Gasteiger charge is -2.05. The minimum absolute atomic E-state index is 0.0937. The number of carbonyl (C=O) groups is 1. The number of hydrogen-bond donors (Lipinski definition) is 0. The number of carbonyl (C=O) groups excluding carboxylic acids is 1. The third kappa shape index (κ3) is 4.63. The van der Waals surface area contributed by atoms with E-state index in [9.17, 15) is 9.18 Å². The van der Waals surface area contributed by atoms with E-state index in [1.165, 1.54) is 30.3 Å². The molecule has 26 heavy (non-hydrogen) atoms. The van der Waals surface area contributed by atoms with Gasteiger partial charge in [0.05, 0.1) is 7.11 Å². The van der Waals surface area contributed by atoms with Gasteiger partial charge >= 0.3 is 5.97 Å². The molecular formula is C20H17FO5. The number of halogens is 1. The van der Waals surface area contributed by atoms with Crippen molar-refractivity contribution in [2.45, 2.75) is 13.2 Å². The van der Waals surface area contributed by atoms with Crippen molar-refractivity contribution in [1.82, 2.24) is 0 Å². The molecule has 1 aromatic heterocycles. The molecule has 0 saturated heterocycles. The van der Waals surface area contributed by atoms with Crippen LogP contribution in [-0.4, -0.2) is 13.1 Å². The zero-order chi connectivity index (χ0) is 18.4. The van der Waals surface area contributed by atoms with Crippen LogP contribution in [0, 0.1) is 5.82 Å². The highest BCUT2D eigenvalue weighted by atomic mass is 19.1. The van der Waals surface area contributed by atoms with Crippen molar-refractivity contribution in [2.75, 3.05) is 7.11 Å². The molecule has 6 heteroatoms. The predicted octanol–water partition coefficient (Wildman–Crippen LogP) is 4.36. The number of benzene rings is 2. The van der Waals surface area contributed by atoms with Crippen LogP contribution in [0.2, 0.25) is 0 Å². The summed E-state index contributed by atoms with van der Waals surface area (Å²) in [6, 6.07) is 16.0. The second-order valence-corrected chi connectivity index (χ2v) is 5.43. The number of methoxy groups -OCH3 is 1. The van der Waals surface area contributed by atoms with Gasteiger partial charge in [0.2, 0.25) is 5.76 Å². The highest BCUT2D eigenvalue weighted by Crippen LogP contribution is 2.17. The molecule has 0 saturated carbocycles. The van der Waals surface area contributed by atoms with E-state index in [-0.39, 0.29) is 24.8 Å². The molecule has 3 rings (SSSR count). The van der Waals surface area contributed by atoms with Crippen LogP contribution in [0.4, 0.5) is 4.39 Å². The molecule has 0 N–H and O–H groups in total. The topological polar surface area (TPSA) is 57.9 Å². The Labute approximate surface area is 149 Å². The SMILES string of the molecule is COc1ccc(COC(=O)c2ccc(COc3ccc(F)cc3)o2)cc1. The van der Waals surface area contributed by atoms with E-state index in [4.69, 9.17) is 18.6 Å². The van der Waals surface area contributed by atoms with E-state index in [1.54, 1.807) is 25.3 Å². The molecule has 0 atom stereocenters. The van der Waals surface area contributed by atoms with Crippen LogP contribution < -0.4 is 9.47 Å². The summed E-state index contributed by atoms with van der Waals surface area (Å²) in [5.74, 6) is 0.899. The summed E-state index contributed by atoms with van der Waals surface area (Å²) >= 11 is 0. The van der Waals surface area contributed by atoms with Crippen molar-refractivity contribution < 1.29 is 27.8 Å². The third-order valence-electron chi connectivity index (χ3n) is 3.59. The quantitative estimate of drug-likeness (QED) is 0.589. The zero-order valence-electron chi connectivity index (χ0n) is 14.1.